The SMILES string of the molecule is CC(O)c1ccc(N2CCC(C)C(C)C2)cc1. The number of aliphatic hydroxyl groups is 1. The van der Waals surface area contributed by atoms with Crippen LogP contribution in [-0.2, 0) is 0 Å². The van der Waals surface area contributed by atoms with E-state index < -0.39 is 0 Å². The Labute approximate surface area is 104 Å². The predicted molar refractivity (Wildman–Crippen MR) is 72.2 cm³/mol. The molecule has 2 heteroatoms. The summed E-state index contributed by atoms with van der Waals surface area (Å²) in [6, 6.07) is 8.32. The van der Waals surface area contributed by atoms with Crippen LogP contribution in [0.25, 0.3) is 0 Å². The maximum absolute atomic E-state index is 9.49. The summed E-state index contributed by atoms with van der Waals surface area (Å²) in [6.45, 7) is 8.79. The van der Waals surface area contributed by atoms with Gasteiger partial charge in [-0.05, 0) is 42.9 Å². The maximum atomic E-state index is 9.49. The molecular weight excluding hydrogens is 210 g/mol. The fourth-order valence-electron chi connectivity index (χ4n) is 2.46. The number of hydrogen-bond donors (Lipinski definition) is 1. The lowest BCUT2D eigenvalue weighted by Gasteiger charge is -2.36. The van der Waals surface area contributed by atoms with Gasteiger partial charge >= 0.3 is 0 Å². The van der Waals surface area contributed by atoms with Crippen LogP contribution in [0.15, 0.2) is 24.3 Å². The molecule has 1 aromatic carbocycles. The van der Waals surface area contributed by atoms with Crippen LogP contribution < -0.4 is 4.90 Å². The second-order valence-electron chi connectivity index (χ2n) is 5.46. The van der Waals surface area contributed by atoms with Gasteiger partial charge in [0.1, 0.15) is 0 Å². The van der Waals surface area contributed by atoms with Gasteiger partial charge < -0.3 is 10.0 Å². The summed E-state index contributed by atoms with van der Waals surface area (Å²) in [5.74, 6) is 1.60. The minimum absolute atomic E-state index is 0.371. The molecule has 2 nitrogen and oxygen atoms in total. The van der Waals surface area contributed by atoms with Crippen molar-refractivity contribution < 1.29 is 5.11 Å². The first-order chi connectivity index (χ1) is 8.08. The lowest BCUT2D eigenvalue weighted by Crippen LogP contribution is -2.38. The first kappa shape index (κ1) is 12.4. The average Bonchev–Trinajstić information content (AvgIpc) is 2.33. The minimum Gasteiger partial charge on any atom is -0.389 e. The van der Waals surface area contributed by atoms with Crippen LogP contribution in [0.5, 0.6) is 0 Å². The smallest absolute Gasteiger partial charge is 0.0761 e. The first-order valence-corrected chi connectivity index (χ1v) is 6.61. The summed E-state index contributed by atoms with van der Waals surface area (Å²) in [5.41, 5.74) is 2.28. The number of anilines is 1. The normalized spacial score (nSPS) is 26.9. The molecule has 17 heavy (non-hydrogen) atoms. The van der Waals surface area contributed by atoms with Crippen molar-refractivity contribution in [2.45, 2.75) is 33.3 Å². The summed E-state index contributed by atoms with van der Waals surface area (Å²) in [6.07, 6.45) is 0.906. The van der Waals surface area contributed by atoms with Gasteiger partial charge in [0, 0.05) is 18.8 Å². The Morgan fingerprint density at radius 2 is 1.82 bits per heavy atom. The van der Waals surface area contributed by atoms with Gasteiger partial charge in [0.2, 0.25) is 0 Å². The van der Waals surface area contributed by atoms with E-state index in [1.165, 1.54) is 12.1 Å². The van der Waals surface area contributed by atoms with Crippen molar-refractivity contribution in [3.05, 3.63) is 29.8 Å². The molecule has 1 aromatic rings. The molecular formula is C15H23NO. The summed E-state index contributed by atoms with van der Waals surface area (Å²) in [5, 5.41) is 9.49. The fraction of sp³-hybridized carbons (Fsp3) is 0.600. The molecule has 1 aliphatic rings. The van der Waals surface area contributed by atoms with Gasteiger partial charge in [-0.25, -0.2) is 0 Å². The quantitative estimate of drug-likeness (QED) is 0.847. The van der Waals surface area contributed by atoms with E-state index in [1.807, 2.05) is 12.1 Å². The zero-order chi connectivity index (χ0) is 12.4. The molecule has 2 rings (SSSR count). The van der Waals surface area contributed by atoms with Crippen LogP contribution in [0, 0.1) is 11.8 Å². The van der Waals surface area contributed by atoms with Crippen molar-refractivity contribution in [3.8, 4) is 0 Å². The van der Waals surface area contributed by atoms with E-state index in [9.17, 15) is 5.11 Å². The third kappa shape index (κ3) is 2.81. The van der Waals surface area contributed by atoms with E-state index in [1.54, 1.807) is 6.92 Å². The summed E-state index contributed by atoms with van der Waals surface area (Å²) < 4.78 is 0. The zero-order valence-electron chi connectivity index (χ0n) is 11.1. The Morgan fingerprint density at radius 1 is 1.18 bits per heavy atom. The highest BCUT2D eigenvalue weighted by atomic mass is 16.3. The van der Waals surface area contributed by atoms with Gasteiger partial charge in [0.15, 0.2) is 0 Å². The van der Waals surface area contributed by atoms with Gasteiger partial charge in [0.25, 0.3) is 0 Å². The molecule has 0 radical (unpaired) electrons. The van der Waals surface area contributed by atoms with Crippen molar-refractivity contribution in [3.63, 3.8) is 0 Å². The molecule has 3 atom stereocenters. The molecule has 0 bridgehead atoms. The van der Waals surface area contributed by atoms with Crippen LogP contribution in [0.2, 0.25) is 0 Å². The molecule has 1 fully saturated rings. The van der Waals surface area contributed by atoms with Gasteiger partial charge in [-0.15, -0.1) is 0 Å². The molecule has 0 amide bonds. The first-order valence-electron chi connectivity index (χ1n) is 6.61. The Hall–Kier alpha value is -1.02. The number of hydrogen-bond acceptors (Lipinski definition) is 2. The van der Waals surface area contributed by atoms with Crippen molar-refractivity contribution >= 4 is 5.69 Å². The number of nitrogens with zero attached hydrogens (tertiary/aromatic N) is 1. The second-order valence-corrected chi connectivity index (χ2v) is 5.46. The van der Waals surface area contributed by atoms with Crippen LogP contribution in [0.3, 0.4) is 0 Å². The minimum atomic E-state index is -0.371. The van der Waals surface area contributed by atoms with Gasteiger partial charge in [-0.2, -0.15) is 0 Å². The molecule has 3 unspecified atom stereocenters. The van der Waals surface area contributed by atoms with Crippen molar-refractivity contribution in [1.29, 1.82) is 0 Å². The van der Waals surface area contributed by atoms with Crippen LogP contribution in [0.1, 0.15) is 38.9 Å². The lowest BCUT2D eigenvalue weighted by atomic mass is 9.88. The Morgan fingerprint density at radius 3 is 2.35 bits per heavy atom. The molecule has 94 valence electrons. The highest BCUT2D eigenvalue weighted by Crippen LogP contribution is 2.27. The molecule has 1 N–H and O–H groups in total. The van der Waals surface area contributed by atoms with Crippen LogP contribution in [-0.4, -0.2) is 18.2 Å². The van der Waals surface area contributed by atoms with Crippen molar-refractivity contribution in [2.75, 3.05) is 18.0 Å². The van der Waals surface area contributed by atoms with Gasteiger partial charge in [0.05, 0.1) is 6.10 Å². The summed E-state index contributed by atoms with van der Waals surface area (Å²) in [7, 11) is 0. The van der Waals surface area contributed by atoms with Gasteiger partial charge in [-0.3, -0.25) is 0 Å². The number of piperidine rings is 1. The third-order valence-corrected chi connectivity index (χ3v) is 4.07. The summed E-state index contributed by atoms with van der Waals surface area (Å²) >= 11 is 0. The Balaban J connectivity index is 2.07. The van der Waals surface area contributed by atoms with E-state index in [-0.39, 0.29) is 6.10 Å². The Kier molecular flexibility index (Phi) is 3.72. The molecule has 0 aliphatic carbocycles. The average molecular weight is 233 g/mol. The third-order valence-electron chi connectivity index (χ3n) is 4.07. The molecule has 1 heterocycles. The van der Waals surface area contributed by atoms with Gasteiger partial charge in [-0.1, -0.05) is 26.0 Å². The Bertz CT molecular complexity index is 358. The molecule has 1 aliphatic heterocycles. The monoisotopic (exact) mass is 233 g/mol. The van der Waals surface area contributed by atoms with Crippen molar-refractivity contribution in [1.82, 2.24) is 0 Å². The van der Waals surface area contributed by atoms with E-state index in [2.05, 4.69) is 30.9 Å². The molecule has 0 spiro atoms. The van der Waals surface area contributed by atoms with Crippen LogP contribution >= 0.6 is 0 Å². The fourth-order valence-corrected chi connectivity index (χ4v) is 2.46. The number of aliphatic hydroxyl groups excluding tert-OH is 1. The number of rotatable bonds is 2. The molecule has 0 saturated carbocycles. The maximum Gasteiger partial charge on any atom is 0.0761 e. The van der Waals surface area contributed by atoms with E-state index in [0.29, 0.717) is 0 Å². The van der Waals surface area contributed by atoms with E-state index >= 15 is 0 Å². The van der Waals surface area contributed by atoms with E-state index in [0.717, 1.165) is 30.5 Å². The highest BCUT2D eigenvalue weighted by Gasteiger charge is 2.22. The standard InChI is InChI=1S/C15H23NO/c1-11-8-9-16(10-12(11)2)15-6-4-14(5-7-15)13(3)17/h4-7,11-13,17H,8-10H2,1-3H3. The van der Waals surface area contributed by atoms with Crippen molar-refractivity contribution in [2.24, 2.45) is 11.8 Å². The largest absolute Gasteiger partial charge is 0.389 e. The van der Waals surface area contributed by atoms with E-state index in [4.69, 9.17) is 0 Å². The lowest BCUT2D eigenvalue weighted by molar-refractivity contribution is 0.199. The summed E-state index contributed by atoms with van der Waals surface area (Å²) in [4.78, 5) is 2.45. The topological polar surface area (TPSA) is 23.5 Å². The predicted octanol–water partition coefficient (Wildman–Crippen LogP) is 3.22. The zero-order valence-corrected chi connectivity index (χ0v) is 11.1. The second kappa shape index (κ2) is 5.09. The molecule has 0 aromatic heterocycles. The van der Waals surface area contributed by atoms with Crippen LogP contribution in [0.4, 0.5) is 5.69 Å². The highest BCUT2D eigenvalue weighted by molar-refractivity contribution is 5.48. The number of benzene rings is 1. The molecule has 1 saturated heterocycles.